The first-order chi connectivity index (χ1) is 11.6. The predicted octanol–water partition coefficient (Wildman–Crippen LogP) is 3.61. The standard InChI is InChI=1S/C20H25N3O/c1-22(2)18-10-8-17(9-11-18)21-20(24)16-12-14-23(15-13-16)19-6-4-3-5-7-19/h3-11,16H,12-15H2,1-2H3,(H,21,24). The summed E-state index contributed by atoms with van der Waals surface area (Å²) >= 11 is 0. The van der Waals surface area contributed by atoms with Crippen molar-refractivity contribution in [2.24, 2.45) is 5.92 Å². The molecule has 0 atom stereocenters. The lowest BCUT2D eigenvalue weighted by molar-refractivity contribution is -0.120. The van der Waals surface area contributed by atoms with Gasteiger partial charge in [0.25, 0.3) is 0 Å². The Labute approximate surface area is 144 Å². The molecule has 4 heteroatoms. The van der Waals surface area contributed by atoms with Crippen LogP contribution in [-0.4, -0.2) is 33.1 Å². The van der Waals surface area contributed by atoms with Crippen molar-refractivity contribution in [2.75, 3.05) is 42.3 Å². The highest BCUT2D eigenvalue weighted by Crippen LogP contribution is 2.24. The molecule has 1 aliphatic heterocycles. The molecule has 0 radical (unpaired) electrons. The van der Waals surface area contributed by atoms with E-state index in [-0.39, 0.29) is 11.8 Å². The number of piperidine rings is 1. The Kier molecular flexibility index (Phi) is 5.04. The second kappa shape index (κ2) is 7.39. The monoisotopic (exact) mass is 323 g/mol. The summed E-state index contributed by atoms with van der Waals surface area (Å²) in [6.45, 7) is 1.86. The summed E-state index contributed by atoms with van der Waals surface area (Å²) in [4.78, 5) is 16.9. The van der Waals surface area contributed by atoms with Crippen molar-refractivity contribution in [3.8, 4) is 0 Å². The minimum Gasteiger partial charge on any atom is -0.378 e. The molecule has 24 heavy (non-hydrogen) atoms. The Hall–Kier alpha value is -2.49. The van der Waals surface area contributed by atoms with Gasteiger partial charge in [-0.05, 0) is 49.2 Å². The SMILES string of the molecule is CN(C)c1ccc(NC(=O)C2CCN(c3ccccc3)CC2)cc1. The zero-order valence-corrected chi connectivity index (χ0v) is 14.4. The van der Waals surface area contributed by atoms with Gasteiger partial charge in [-0.15, -0.1) is 0 Å². The van der Waals surface area contributed by atoms with E-state index in [0.717, 1.165) is 37.3 Å². The molecular weight excluding hydrogens is 298 g/mol. The summed E-state index contributed by atoms with van der Waals surface area (Å²) in [5.74, 6) is 0.235. The molecule has 3 rings (SSSR count). The summed E-state index contributed by atoms with van der Waals surface area (Å²) in [5, 5.41) is 3.06. The molecule has 0 aliphatic carbocycles. The number of para-hydroxylation sites is 1. The van der Waals surface area contributed by atoms with E-state index in [1.165, 1.54) is 5.69 Å². The second-order valence-corrected chi connectivity index (χ2v) is 6.53. The van der Waals surface area contributed by atoms with Crippen molar-refractivity contribution in [1.82, 2.24) is 0 Å². The van der Waals surface area contributed by atoms with Gasteiger partial charge in [0.05, 0.1) is 0 Å². The lowest BCUT2D eigenvalue weighted by Crippen LogP contribution is -2.38. The van der Waals surface area contributed by atoms with Crippen molar-refractivity contribution >= 4 is 23.0 Å². The Bertz CT molecular complexity index is 659. The molecule has 2 aromatic rings. The fourth-order valence-electron chi connectivity index (χ4n) is 3.13. The van der Waals surface area contributed by atoms with Crippen molar-refractivity contribution in [3.63, 3.8) is 0 Å². The van der Waals surface area contributed by atoms with Crippen LogP contribution < -0.4 is 15.1 Å². The first-order valence-electron chi connectivity index (χ1n) is 8.52. The largest absolute Gasteiger partial charge is 0.378 e. The van der Waals surface area contributed by atoms with Gasteiger partial charge in [0.2, 0.25) is 5.91 Å². The Balaban J connectivity index is 1.53. The molecule has 0 saturated carbocycles. The number of nitrogens with one attached hydrogen (secondary N) is 1. The molecule has 0 unspecified atom stereocenters. The summed E-state index contributed by atoms with van der Waals surface area (Å²) < 4.78 is 0. The Morgan fingerprint density at radius 2 is 1.62 bits per heavy atom. The average molecular weight is 323 g/mol. The lowest BCUT2D eigenvalue weighted by Gasteiger charge is -2.33. The number of benzene rings is 2. The van der Waals surface area contributed by atoms with Crippen molar-refractivity contribution in [3.05, 3.63) is 54.6 Å². The molecule has 126 valence electrons. The van der Waals surface area contributed by atoms with Crippen molar-refractivity contribution in [2.45, 2.75) is 12.8 Å². The molecule has 1 aliphatic rings. The highest BCUT2D eigenvalue weighted by atomic mass is 16.1. The number of carbonyl (C=O) groups excluding carboxylic acids is 1. The first-order valence-corrected chi connectivity index (χ1v) is 8.52. The topological polar surface area (TPSA) is 35.6 Å². The zero-order chi connectivity index (χ0) is 16.9. The minimum absolute atomic E-state index is 0.0958. The average Bonchev–Trinajstić information content (AvgIpc) is 2.63. The van der Waals surface area contributed by atoms with Gasteiger partial charge in [-0.3, -0.25) is 4.79 Å². The van der Waals surface area contributed by atoms with Crippen LogP contribution in [0, 0.1) is 5.92 Å². The van der Waals surface area contributed by atoms with Gasteiger partial charge in [-0.25, -0.2) is 0 Å². The highest BCUT2D eigenvalue weighted by molar-refractivity contribution is 5.92. The summed E-state index contributed by atoms with van der Waals surface area (Å²) in [6, 6.07) is 18.4. The van der Waals surface area contributed by atoms with E-state index in [9.17, 15) is 4.79 Å². The van der Waals surface area contributed by atoms with Gasteiger partial charge in [0.1, 0.15) is 0 Å². The summed E-state index contributed by atoms with van der Waals surface area (Å²) in [7, 11) is 4.02. The molecule has 0 spiro atoms. The molecule has 0 aromatic heterocycles. The van der Waals surface area contributed by atoms with Crippen molar-refractivity contribution in [1.29, 1.82) is 0 Å². The van der Waals surface area contributed by atoms with E-state index in [4.69, 9.17) is 0 Å². The predicted molar refractivity (Wildman–Crippen MR) is 101 cm³/mol. The van der Waals surface area contributed by atoms with Crippen LogP contribution in [0.1, 0.15) is 12.8 Å². The van der Waals surface area contributed by atoms with E-state index in [1.54, 1.807) is 0 Å². The molecule has 1 fully saturated rings. The molecule has 1 saturated heterocycles. The Morgan fingerprint density at radius 1 is 1.00 bits per heavy atom. The molecule has 1 heterocycles. The van der Waals surface area contributed by atoms with Gasteiger partial charge in [-0.1, -0.05) is 18.2 Å². The molecule has 2 aromatic carbocycles. The van der Waals surface area contributed by atoms with Crippen molar-refractivity contribution < 1.29 is 4.79 Å². The van der Waals surface area contributed by atoms with Gasteiger partial charge in [0, 0.05) is 50.2 Å². The van der Waals surface area contributed by atoms with Crippen LogP contribution in [0.25, 0.3) is 0 Å². The van der Waals surface area contributed by atoms with Gasteiger partial charge < -0.3 is 15.1 Å². The highest BCUT2D eigenvalue weighted by Gasteiger charge is 2.25. The van der Waals surface area contributed by atoms with Crippen LogP contribution in [0.5, 0.6) is 0 Å². The smallest absolute Gasteiger partial charge is 0.227 e. The maximum absolute atomic E-state index is 12.5. The molecule has 0 bridgehead atoms. The molecule has 1 N–H and O–H groups in total. The minimum atomic E-state index is 0.0958. The summed E-state index contributed by atoms with van der Waals surface area (Å²) in [5.41, 5.74) is 3.25. The number of rotatable bonds is 4. The van der Waals surface area contributed by atoms with Crippen LogP contribution >= 0.6 is 0 Å². The number of nitrogens with zero attached hydrogens (tertiary/aromatic N) is 2. The summed E-state index contributed by atoms with van der Waals surface area (Å²) in [6.07, 6.45) is 1.80. The first kappa shape index (κ1) is 16.4. The van der Waals surface area contributed by atoms with E-state index >= 15 is 0 Å². The maximum atomic E-state index is 12.5. The Morgan fingerprint density at radius 3 is 2.21 bits per heavy atom. The fourth-order valence-corrected chi connectivity index (χ4v) is 3.13. The number of carbonyl (C=O) groups is 1. The van der Waals surface area contributed by atoms with Gasteiger partial charge in [-0.2, -0.15) is 0 Å². The maximum Gasteiger partial charge on any atom is 0.227 e. The van der Waals surface area contributed by atoms with Crippen LogP contribution in [0.3, 0.4) is 0 Å². The molecular formula is C20H25N3O. The molecule has 1 amide bonds. The third-order valence-electron chi connectivity index (χ3n) is 4.64. The number of amides is 1. The van der Waals surface area contributed by atoms with Crippen LogP contribution in [0.15, 0.2) is 54.6 Å². The normalized spacial score (nSPS) is 15.2. The third-order valence-corrected chi connectivity index (χ3v) is 4.64. The van der Waals surface area contributed by atoms with Gasteiger partial charge in [0.15, 0.2) is 0 Å². The van der Waals surface area contributed by atoms with Crippen LogP contribution in [0.4, 0.5) is 17.1 Å². The van der Waals surface area contributed by atoms with Crippen LogP contribution in [-0.2, 0) is 4.79 Å². The van der Waals surface area contributed by atoms with E-state index in [0.29, 0.717) is 0 Å². The lowest BCUT2D eigenvalue weighted by atomic mass is 9.95. The number of hydrogen-bond donors (Lipinski definition) is 1. The fraction of sp³-hybridized carbons (Fsp3) is 0.350. The zero-order valence-electron chi connectivity index (χ0n) is 14.4. The third kappa shape index (κ3) is 3.88. The van der Waals surface area contributed by atoms with E-state index in [1.807, 2.05) is 49.3 Å². The van der Waals surface area contributed by atoms with Gasteiger partial charge >= 0.3 is 0 Å². The van der Waals surface area contributed by atoms with Crippen LogP contribution in [0.2, 0.25) is 0 Å². The van der Waals surface area contributed by atoms with E-state index < -0.39 is 0 Å². The van der Waals surface area contributed by atoms with E-state index in [2.05, 4.69) is 34.5 Å². The molecule has 4 nitrogen and oxygen atoms in total. The number of anilines is 3. The number of hydrogen-bond acceptors (Lipinski definition) is 3. The quantitative estimate of drug-likeness (QED) is 0.933. The second-order valence-electron chi connectivity index (χ2n) is 6.53.